The van der Waals surface area contributed by atoms with Crippen LogP contribution in [0.1, 0.15) is 11.4 Å². The summed E-state index contributed by atoms with van der Waals surface area (Å²) in [7, 11) is 0. The minimum atomic E-state index is -4.47. The Morgan fingerprint density at radius 1 is 1.25 bits per heavy atom. The first-order valence-electron chi connectivity index (χ1n) is 3.05. The Bertz CT molecular complexity index is 276. The number of rotatable bonds is 1. The Labute approximate surface area is 66.8 Å². The van der Waals surface area contributed by atoms with E-state index in [1.54, 1.807) is 0 Å². The van der Waals surface area contributed by atoms with E-state index in [1.807, 2.05) is 0 Å². The molecule has 0 aliphatic carbocycles. The number of alkyl halides is 3. The number of aromatic nitrogens is 2. The first kappa shape index (κ1) is 8.70. The van der Waals surface area contributed by atoms with E-state index in [0.717, 1.165) is 12.4 Å². The second-order valence-electron chi connectivity index (χ2n) is 2.04. The van der Waals surface area contributed by atoms with Crippen molar-refractivity contribution in [3.8, 4) is 0 Å². The van der Waals surface area contributed by atoms with E-state index in [0.29, 0.717) is 5.56 Å². The van der Waals surface area contributed by atoms with Gasteiger partial charge in [0.15, 0.2) is 0 Å². The summed E-state index contributed by atoms with van der Waals surface area (Å²) in [6, 6.07) is 0. The van der Waals surface area contributed by atoms with Crippen molar-refractivity contribution in [2.75, 3.05) is 0 Å². The standard InChI is InChI=1S/C7H5F3N2/c1-2-5-3-11-6(12-4-5)7(8,9)10/h2-4H,1H2. The Kier molecular flexibility index (Phi) is 2.12. The monoisotopic (exact) mass is 174 g/mol. The number of hydrogen-bond acceptors (Lipinski definition) is 2. The lowest BCUT2D eigenvalue weighted by atomic mass is 10.3. The van der Waals surface area contributed by atoms with Crippen LogP contribution in [-0.2, 0) is 6.18 Å². The molecule has 0 bridgehead atoms. The van der Waals surface area contributed by atoms with E-state index < -0.39 is 12.0 Å². The molecule has 0 aliphatic heterocycles. The molecule has 1 heterocycles. The molecule has 2 nitrogen and oxygen atoms in total. The Hall–Kier alpha value is -1.39. The molecule has 0 saturated carbocycles. The van der Waals surface area contributed by atoms with Gasteiger partial charge >= 0.3 is 6.18 Å². The van der Waals surface area contributed by atoms with Crippen LogP contribution in [0.5, 0.6) is 0 Å². The van der Waals surface area contributed by atoms with E-state index in [2.05, 4.69) is 16.5 Å². The zero-order valence-electron chi connectivity index (χ0n) is 5.97. The van der Waals surface area contributed by atoms with Crippen molar-refractivity contribution >= 4 is 6.08 Å². The number of nitrogens with zero attached hydrogens (tertiary/aromatic N) is 2. The molecular formula is C7H5F3N2. The SMILES string of the molecule is C=Cc1cnc(C(F)(F)F)nc1. The predicted molar refractivity (Wildman–Crippen MR) is 37.1 cm³/mol. The third-order valence-electron chi connectivity index (χ3n) is 1.16. The Morgan fingerprint density at radius 3 is 2.08 bits per heavy atom. The fourth-order valence-corrected chi connectivity index (χ4v) is 0.590. The molecule has 0 amide bonds. The molecule has 0 spiro atoms. The molecule has 0 unspecified atom stereocenters. The largest absolute Gasteiger partial charge is 0.451 e. The van der Waals surface area contributed by atoms with Crippen molar-refractivity contribution < 1.29 is 13.2 Å². The van der Waals surface area contributed by atoms with Crippen LogP contribution in [0.2, 0.25) is 0 Å². The van der Waals surface area contributed by atoms with Gasteiger partial charge in [0.1, 0.15) is 0 Å². The lowest BCUT2D eigenvalue weighted by molar-refractivity contribution is -0.145. The minimum absolute atomic E-state index is 0.461. The number of halogens is 3. The summed E-state index contributed by atoms with van der Waals surface area (Å²) in [6.45, 7) is 3.36. The van der Waals surface area contributed by atoms with Crippen LogP contribution in [0.25, 0.3) is 6.08 Å². The van der Waals surface area contributed by atoms with Gasteiger partial charge in [-0.05, 0) is 0 Å². The normalized spacial score (nSPS) is 11.2. The van der Waals surface area contributed by atoms with Gasteiger partial charge in [-0.25, -0.2) is 9.97 Å². The van der Waals surface area contributed by atoms with Gasteiger partial charge in [-0.3, -0.25) is 0 Å². The molecule has 0 aromatic carbocycles. The Morgan fingerprint density at radius 2 is 1.75 bits per heavy atom. The lowest BCUT2D eigenvalue weighted by Gasteiger charge is -2.02. The molecule has 0 saturated heterocycles. The first-order valence-corrected chi connectivity index (χ1v) is 3.05. The van der Waals surface area contributed by atoms with Crippen molar-refractivity contribution in [1.82, 2.24) is 9.97 Å². The number of hydrogen-bond donors (Lipinski definition) is 0. The summed E-state index contributed by atoms with van der Waals surface area (Å²) < 4.78 is 35.6. The van der Waals surface area contributed by atoms with Crippen LogP contribution in [0.3, 0.4) is 0 Å². The Balaban J connectivity index is 3.00. The van der Waals surface area contributed by atoms with Gasteiger partial charge in [0, 0.05) is 18.0 Å². The highest BCUT2D eigenvalue weighted by atomic mass is 19.4. The molecule has 0 aliphatic rings. The van der Waals surface area contributed by atoms with Crippen LogP contribution < -0.4 is 0 Å². The fourth-order valence-electron chi connectivity index (χ4n) is 0.590. The highest BCUT2D eigenvalue weighted by molar-refractivity contribution is 5.43. The van der Waals surface area contributed by atoms with E-state index in [1.165, 1.54) is 6.08 Å². The summed E-state index contributed by atoms with van der Waals surface area (Å²) in [6.07, 6.45) is -0.953. The van der Waals surface area contributed by atoms with Gasteiger partial charge in [-0.2, -0.15) is 13.2 Å². The van der Waals surface area contributed by atoms with Crippen LogP contribution in [0, 0.1) is 0 Å². The topological polar surface area (TPSA) is 25.8 Å². The lowest BCUT2D eigenvalue weighted by Crippen LogP contribution is -2.10. The molecule has 1 aromatic rings. The molecule has 0 radical (unpaired) electrons. The van der Waals surface area contributed by atoms with Gasteiger partial charge in [0.25, 0.3) is 0 Å². The van der Waals surface area contributed by atoms with Gasteiger partial charge in [-0.1, -0.05) is 12.7 Å². The molecular weight excluding hydrogens is 169 g/mol. The van der Waals surface area contributed by atoms with E-state index in [4.69, 9.17) is 0 Å². The summed E-state index contributed by atoms with van der Waals surface area (Å²) in [5.41, 5.74) is 0.461. The third kappa shape index (κ3) is 1.81. The van der Waals surface area contributed by atoms with Crippen LogP contribution in [0.4, 0.5) is 13.2 Å². The quantitative estimate of drug-likeness (QED) is 0.651. The maximum Gasteiger partial charge on any atom is 0.451 e. The van der Waals surface area contributed by atoms with Crippen molar-refractivity contribution in [2.24, 2.45) is 0 Å². The highest BCUT2D eigenvalue weighted by Gasteiger charge is 2.34. The van der Waals surface area contributed by atoms with Crippen molar-refractivity contribution in [3.05, 3.63) is 30.4 Å². The molecule has 0 atom stereocenters. The molecule has 1 aromatic heterocycles. The maximum absolute atomic E-state index is 11.9. The molecule has 0 N–H and O–H groups in total. The fraction of sp³-hybridized carbons (Fsp3) is 0.143. The average molecular weight is 174 g/mol. The van der Waals surface area contributed by atoms with Crippen LogP contribution >= 0.6 is 0 Å². The van der Waals surface area contributed by atoms with Gasteiger partial charge < -0.3 is 0 Å². The summed E-state index contributed by atoms with van der Waals surface area (Å²) in [4.78, 5) is 6.23. The van der Waals surface area contributed by atoms with Crippen molar-refractivity contribution in [3.63, 3.8) is 0 Å². The molecule has 64 valence electrons. The third-order valence-corrected chi connectivity index (χ3v) is 1.16. The molecule has 5 heteroatoms. The smallest absolute Gasteiger partial charge is 0.232 e. The van der Waals surface area contributed by atoms with E-state index in [9.17, 15) is 13.2 Å². The second kappa shape index (κ2) is 2.92. The van der Waals surface area contributed by atoms with E-state index in [-0.39, 0.29) is 0 Å². The van der Waals surface area contributed by atoms with E-state index >= 15 is 0 Å². The zero-order chi connectivity index (χ0) is 9.19. The highest BCUT2D eigenvalue weighted by Crippen LogP contribution is 2.25. The average Bonchev–Trinajstić information content (AvgIpc) is 2.03. The second-order valence-corrected chi connectivity index (χ2v) is 2.04. The van der Waals surface area contributed by atoms with Gasteiger partial charge in [0.05, 0.1) is 0 Å². The zero-order valence-corrected chi connectivity index (χ0v) is 5.97. The van der Waals surface area contributed by atoms with Gasteiger partial charge in [0.2, 0.25) is 5.82 Å². The molecule has 1 rings (SSSR count). The maximum atomic E-state index is 11.9. The molecule has 0 fully saturated rings. The van der Waals surface area contributed by atoms with Crippen LogP contribution in [-0.4, -0.2) is 9.97 Å². The summed E-state index contributed by atoms with van der Waals surface area (Å²) in [5.74, 6) is -1.13. The summed E-state index contributed by atoms with van der Waals surface area (Å²) >= 11 is 0. The first-order chi connectivity index (χ1) is 5.54. The molecule has 12 heavy (non-hydrogen) atoms. The van der Waals surface area contributed by atoms with Crippen molar-refractivity contribution in [1.29, 1.82) is 0 Å². The minimum Gasteiger partial charge on any atom is -0.232 e. The summed E-state index contributed by atoms with van der Waals surface area (Å²) in [5, 5.41) is 0. The van der Waals surface area contributed by atoms with Crippen LogP contribution in [0.15, 0.2) is 19.0 Å². The van der Waals surface area contributed by atoms with Gasteiger partial charge in [-0.15, -0.1) is 0 Å². The van der Waals surface area contributed by atoms with Crippen molar-refractivity contribution in [2.45, 2.75) is 6.18 Å². The predicted octanol–water partition coefficient (Wildman–Crippen LogP) is 2.14.